The Hall–Kier alpha value is -0.900. The minimum absolute atomic E-state index is 0.0559. The Kier molecular flexibility index (Phi) is 4.75. The van der Waals surface area contributed by atoms with E-state index in [0.29, 0.717) is 6.61 Å². The highest BCUT2D eigenvalue weighted by molar-refractivity contribution is 5.28. The minimum atomic E-state index is 0.0559. The first-order valence-electron chi connectivity index (χ1n) is 6.93. The van der Waals surface area contributed by atoms with Gasteiger partial charge in [0.25, 0.3) is 0 Å². The molecule has 1 aromatic rings. The van der Waals surface area contributed by atoms with Crippen LogP contribution >= 0.6 is 0 Å². The van der Waals surface area contributed by atoms with Gasteiger partial charge in [-0.2, -0.15) is 0 Å². The number of benzene rings is 1. The van der Waals surface area contributed by atoms with Crippen molar-refractivity contribution in [3.05, 3.63) is 35.4 Å². The maximum Gasteiger partial charge on any atom is 0.0754 e. The molecule has 0 aromatic heterocycles. The predicted molar refractivity (Wildman–Crippen MR) is 74.2 cm³/mol. The van der Waals surface area contributed by atoms with Gasteiger partial charge in [0.2, 0.25) is 0 Å². The van der Waals surface area contributed by atoms with E-state index in [1.807, 2.05) is 13.8 Å². The lowest BCUT2D eigenvalue weighted by Crippen LogP contribution is -2.36. The monoisotopic (exact) mass is 248 g/mol. The van der Waals surface area contributed by atoms with E-state index < -0.39 is 0 Å². The van der Waals surface area contributed by atoms with E-state index in [9.17, 15) is 0 Å². The molecule has 3 heteroatoms. The molecule has 3 N–H and O–H groups in total. The smallest absolute Gasteiger partial charge is 0.0754 e. The maximum atomic E-state index is 5.64. The van der Waals surface area contributed by atoms with E-state index in [4.69, 9.17) is 10.6 Å². The summed E-state index contributed by atoms with van der Waals surface area (Å²) in [7, 11) is 0. The Morgan fingerprint density at radius 2 is 2.00 bits per heavy atom. The lowest BCUT2D eigenvalue weighted by atomic mass is 9.80. The average Bonchev–Trinajstić information content (AvgIpc) is 2.30. The second kappa shape index (κ2) is 6.32. The van der Waals surface area contributed by atoms with Crippen LogP contribution in [0.5, 0.6) is 0 Å². The van der Waals surface area contributed by atoms with E-state index in [-0.39, 0.29) is 12.1 Å². The van der Waals surface area contributed by atoms with Crippen molar-refractivity contribution >= 4 is 0 Å². The third kappa shape index (κ3) is 2.91. The van der Waals surface area contributed by atoms with Gasteiger partial charge in [0, 0.05) is 6.61 Å². The van der Waals surface area contributed by atoms with Crippen LogP contribution in [0.4, 0.5) is 0 Å². The van der Waals surface area contributed by atoms with E-state index >= 15 is 0 Å². The normalized spacial score (nSPS) is 19.3. The van der Waals surface area contributed by atoms with Crippen LogP contribution in [-0.2, 0) is 4.74 Å². The molecule has 3 nitrogen and oxygen atoms in total. The average molecular weight is 248 g/mol. The number of nitrogens with two attached hydrogens (primary N) is 1. The molecule has 1 saturated carbocycles. The molecule has 18 heavy (non-hydrogen) atoms. The molecule has 0 amide bonds. The zero-order chi connectivity index (χ0) is 13.0. The van der Waals surface area contributed by atoms with Crippen LogP contribution in [0.1, 0.15) is 56.2 Å². The van der Waals surface area contributed by atoms with Crippen molar-refractivity contribution < 1.29 is 4.74 Å². The number of hydrogen-bond donors (Lipinski definition) is 2. The van der Waals surface area contributed by atoms with E-state index in [1.165, 1.54) is 30.4 Å². The van der Waals surface area contributed by atoms with Gasteiger partial charge < -0.3 is 4.74 Å². The van der Waals surface area contributed by atoms with Gasteiger partial charge in [0.1, 0.15) is 0 Å². The van der Waals surface area contributed by atoms with Crippen LogP contribution in [-0.4, -0.2) is 12.7 Å². The van der Waals surface area contributed by atoms with E-state index in [2.05, 4.69) is 29.7 Å². The highest BCUT2D eigenvalue weighted by Crippen LogP contribution is 2.36. The molecule has 2 unspecified atom stereocenters. The molecule has 100 valence electrons. The first-order chi connectivity index (χ1) is 8.76. The van der Waals surface area contributed by atoms with Gasteiger partial charge in [0.05, 0.1) is 12.1 Å². The number of hydrazine groups is 1. The molecule has 0 spiro atoms. The van der Waals surface area contributed by atoms with Gasteiger partial charge in [-0.1, -0.05) is 30.7 Å². The zero-order valence-electron chi connectivity index (χ0n) is 11.4. The fourth-order valence-electron chi connectivity index (χ4n) is 2.58. The molecule has 0 saturated heterocycles. The van der Waals surface area contributed by atoms with Gasteiger partial charge >= 0.3 is 0 Å². The van der Waals surface area contributed by atoms with Gasteiger partial charge in [-0.25, -0.2) is 0 Å². The molecular formula is C15H24N2O. The van der Waals surface area contributed by atoms with Crippen LogP contribution in [0.25, 0.3) is 0 Å². The molecule has 1 fully saturated rings. The number of nitrogens with one attached hydrogen (secondary N) is 1. The van der Waals surface area contributed by atoms with Crippen LogP contribution in [0, 0.1) is 0 Å². The van der Waals surface area contributed by atoms with Gasteiger partial charge in [-0.05, 0) is 43.7 Å². The fraction of sp³-hybridized carbons (Fsp3) is 0.600. The molecule has 1 aliphatic rings. The highest BCUT2D eigenvalue weighted by Gasteiger charge is 2.21. The summed E-state index contributed by atoms with van der Waals surface area (Å²) in [6.45, 7) is 4.76. The quantitative estimate of drug-likeness (QED) is 0.601. The summed E-state index contributed by atoms with van der Waals surface area (Å²) in [6, 6.07) is 8.88. The van der Waals surface area contributed by atoms with Crippen LogP contribution in [0.3, 0.4) is 0 Å². The number of rotatable bonds is 6. The SMILES string of the molecule is CCOC(C)C(NN)c1ccc(C2CCC2)cc1. The number of hydrogen-bond acceptors (Lipinski definition) is 3. The summed E-state index contributed by atoms with van der Waals surface area (Å²) in [5.41, 5.74) is 5.51. The standard InChI is InChI=1S/C15H24N2O/c1-3-18-11(2)15(17-16)14-9-7-13(8-10-14)12-5-4-6-12/h7-12,15,17H,3-6,16H2,1-2H3. The molecule has 1 aliphatic carbocycles. The van der Waals surface area contributed by atoms with Crippen molar-refractivity contribution in [2.75, 3.05) is 6.61 Å². The zero-order valence-corrected chi connectivity index (χ0v) is 11.4. The van der Waals surface area contributed by atoms with Crippen molar-refractivity contribution in [3.63, 3.8) is 0 Å². The molecule has 0 heterocycles. The number of ether oxygens (including phenoxy) is 1. The largest absolute Gasteiger partial charge is 0.377 e. The lowest BCUT2D eigenvalue weighted by Gasteiger charge is -2.27. The van der Waals surface area contributed by atoms with Crippen LogP contribution in [0.15, 0.2) is 24.3 Å². The van der Waals surface area contributed by atoms with Gasteiger partial charge in [0.15, 0.2) is 0 Å². The maximum absolute atomic E-state index is 5.64. The van der Waals surface area contributed by atoms with Crippen molar-refractivity contribution in [1.82, 2.24) is 5.43 Å². The van der Waals surface area contributed by atoms with E-state index in [1.54, 1.807) is 0 Å². The van der Waals surface area contributed by atoms with Gasteiger partial charge in [-0.3, -0.25) is 11.3 Å². The minimum Gasteiger partial charge on any atom is -0.377 e. The molecule has 0 bridgehead atoms. The van der Waals surface area contributed by atoms with Gasteiger partial charge in [-0.15, -0.1) is 0 Å². The van der Waals surface area contributed by atoms with Crippen molar-refractivity contribution in [2.45, 2.75) is 51.2 Å². The molecular weight excluding hydrogens is 224 g/mol. The molecule has 2 atom stereocenters. The Labute approximate surface area is 110 Å². The van der Waals surface area contributed by atoms with Crippen molar-refractivity contribution in [2.24, 2.45) is 5.84 Å². The van der Waals surface area contributed by atoms with Crippen LogP contribution < -0.4 is 11.3 Å². The molecule has 0 radical (unpaired) electrons. The second-order valence-corrected chi connectivity index (χ2v) is 5.10. The summed E-state index contributed by atoms with van der Waals surface area (Å²) >= 11 is 0. The molecule has 1 aromatic carbocycles. The third-order valence-electron chi connectivity index (χ3n) is 3.95. The molecule has 0 aliphatic heterocycles. The van der Waals surface area contributed by atoms with Crippen molar-refractivity contribution in [1.29, 1.82) is 0 Å². The van der Waals surface area contributed by atoms with E-state index in [0.717, 1.165) is 5.92 Å². The second-order valence-electron chi connectivity index (χ2n) is 5.10. The first kappa shape index (κ1) is 13.5. The summed E-state index contributed by atoms with van der Waals surface area (Å²) in [6.07, 6.45) is 4.14. The third-order valence-corrected chi connectivity index (χ3v) is 3.95. The van der Waals surface area contributed by atoms with Crippen molar-refractivity contribution in [3.8, 4) is 0 Å². The first-order valence-corrected chi connectivity index (χ1v) is 6.93. The Balaban J connectivity index is 2.06. The highest BCUT2D eigenvalue weighted by atomic mass is 16.5. The lowest BCUT2D eigenvalue weighted by molar-refractivity contribution is 0.0472. The summed E-state index contributed by atoms with van der Waals surface area (Å²) < 4.78 is 5.62. The Morgan fingerprint density at radius 3 is 2.44 bits per heavy atom. The fourth-order valence-corrected chi connectivity index (χ4v) is 2.58. The summed E-state index contributed by atoms with van der Waals surface area (Å²) in [5.74, 6) is 6.43. The predicted octanol–water partition coefficient (Wildman–Crippen LogP) is 2.88. The summed E-state index contributed by atoms with van der Waals surface area (Å²) in [5, 5.41) is 0. The summed E-state index contributed by atoms with van der Waals surface area (Å²) in [4.78, 5) is 0. The van der Waals surface area contributed by atoms with Crippen LogP contribution in [0.2, 0.25) is 0 Å². The molecule has 2 rings (SSSR count). The Morgan fingerprint density at radius 1 is 1.33 bits per heavy atom. The topological polar surface area (TPSA) is 47.3 Å². The Bertz CT molecular complexity index is 359.